The van der Waals surface area contributed by atoms with Crippen molar-refractivity contribution in [1.29, 1.82) is 0 Å². The van der Waals surface area contributed by atoms with Gasteiger partial charge in [0.1, 0.15) is 0 Å². The normalized spacial score (nSPS) is 10.1. The van der Waals surface area contributed by atoms with Crippen LogP contribution in [0.1, 0.15) is 21.5 Å². The third kappa shape index (κ3) is 5.64. The van der Waals surface area contributed by atoms with E-state index in [-0.39, 0.29) is 5.91 Å². The molecule has 0 atom stereocenters. The van der Waals surface area contributed by atoms with Crippen molar-refractivity contribution in [2.24, 2.45) is 5.73 Å². The molecule has 0 unspecified atom stereocenters. The highest BCUT2D eigenvalue weighted by molar-refractivity contribution is 6.30. The van der Waals surface area contributed by atoms with E-state index < -0.39 is 6.03 Å². The lowest BCUT2D eigenvalue weighted by Crippen LogP contribution is -2.28. The first-order valence-electron chi connectivity index (χ1n) is 7.19. The Morgan fingerprint density at radius 2 is 1.52 bits per heavy atom. The molecule has 0 saturated carbocycles. The van der Waals surface area contributed by atoms with E-state index in [4.69, 9.17) is 17.3 Å². The average molecular weight is 332 g/mol. The van der Waals surface area contributed by atoms with Gasteiger partial charge in [0, 0.05) is 23.7 Å². The molecule has 6 heteroatoms. The predicted molar refractivity (Wildman–Crippen MR) is 90.4 cm³/mol. The number of hydrogen-bond donors (Lipinski definition) is 3. The van der Waals surface area contributed by atoms with E-state index in [1.54, 1.807) is 24.3 Å². The number of benzene rings is 2. The zero-order valence-corrected chi connectivity index (χ0v) is 13.3. The Labute approximate surface area is 139 Å². The van der Waals surface area contributed by atoms with Crippen molar-refractivity contribution in [2.75, 3.05) is 6.54 Å². The smallest absolute Gasteiger partial charge is 0.312 e. The van der Waals surface area contributed by atoms with Gasteiger partial charge in [-0.05, 0) is 41.8 Å². The van der Waals surface area contributed by atoms with Crippen LogP contribution < -0.4 is 16.4 Å². The molecule has 0 bridgehead atoms. The van der Waals surface area contributed by atoms with Crippen LogP contribution in [-0.4, -0.2) is 18.5 Å². The number of carbonyl (C=O) groups excluding carboxylic acids is 2. The number of primary amides is 1. The summed E-state index contributed by atoms with van der Waals surface area (Å²) in [6.45, 7) is 0.888. The summed E-state index contributed by atoms with van der Waals surface area (Å²) in [5, 5.41) is 6.06. The number of carbonyl (C=O) groups is 2. The molecule has 0 aliphatic rings. The van der Waals surface area contributed by atoms with Gasteiger partial charge in [-0.25, -0.2) is 4.79 Å². The number of rotatable bonds is 6. The minimum Gasteiger partial charge on any atom is -0.352 e. The van der Waals surface area contributed by atoms with Crippen molar-refractivity contribution in [3.05, 3.63) is 70.2 Å². The minimum absolute atomic E-state index is 0.131. The largest absolute Gasteiger partial charge is 0.352 e. The number of hydrogen-bond acceptors (Lipinski definition) is 2. The summed E-state index contributed by atoms with van der Waals surface area (Å²) in [4.78, 5) is 22.7. The maximum absolute atomic E-state index is 12.0. The van der Waals surface area contributed by atoms with Gasteiger partial charge in [-0.2, -0.15) is 0 Å². The van der Waals surface area contributed by atoms with E-state index in [1.807, 2.05) is 24.3 Å². The van der Waals surface area contributed by atoms with Crippen molar-refractivity contribution in [3.8, 4) is 0 Å². The second-order valence-electron chi connectivity index (χ2n) is 5.05. The van der Waals surface area contributed by atoms with Gasteiger partial charge in [-0.3, -0.25) is 4.79 Å². The van der Waals surface area contributed by atoms with Gasteiger partial charge in [-0.15, -0.1) is 0 Å². The van der Waals surface area contributed by atoms with E-state index in [9.17, 15) is 9.59 Å². The average Bonchev–Trinajstić information content (AvgIpc) is 2.55. The van der Waals surface area contributed by atoms with Crippen molar-refractivity contribution < 1.29 is 9.59 Å². The van der Waals surface area contributed by atoms with Crippen LogP contribution in [-0.2, 0) is 13.0 Å². The Kier molecular flexibility index (Phi) is 6.00. The molecule has 0 aliphatic heterocycles. The quantitative estimate of drug-likeness (QED) is 0.759. The van der Waals surface area contributed by atoms with Gasteiger partial charge < -0.3 is 16.4 Å². The third-order valence-corrected chi connectivity index (χ3v) is 3.55. The number of amides is 3. The van der Waals surface area contributed by atoms with Crippen LogP contribution in [0.15, 0.2) is 48.5 Å². The molecule has 0 aliphatic carbocycles. The molecule has 0 heterocycles. The molecule has 0 saturated heterocycles. The molecule has 0 radical (unpaired) electrons. The Morgan fingerprint density at radius 1 is 0.913 bits per heavy atom. The van der Waals surface area contributed by atoms with E-state index in [2.05, 4.69) is 10.6 Å². The molecular weight excluding hydrogens is 314 g/mol. The summed E-state index contributed by atoms with van der Waals surface area (Å²) in [6.07, 6.45) is 0.740. The number of urea groups is 1. The van der Waals surface area contributed by atoms with Crippen LogP contribution >= 0.6 is 11.6 Å². The van der Waals surface area contributed by atoms with Crippen molar-refractivity contribution >= 4 is 23.5 Å². The van der Waals surface area contributed by atoms with Crippen molar-refractivity contribution in [1.82, 2.24) is 10.6 Å². The maximum Gasteiger partial charge on any atom is 0.312 e. The lowest BCUT2D eigenvalue weighted by atomic mass is 10.1. The monoisotopic (exact) mass is 331 g/mol. The van der Waals surface area contributed by atoms with Crippen molar-refractivity contribution in [3.63, 3.8) is 0 Å². The molecule has 23 heavy (non-hydrogen) atoms. The van der Waals surface area contributed by atoms with E-state index in [0.29, 0.717) is 23.7 Å². The first kappa shape index (κ1) is 16.8. The van der Waals surface area contributed by atoms with Crippen LogP contribution in [0, 0.1) is 0 Å². The minimum atomic E-state index is -0.575. The molecule has 120 valence electrons. The third-order valence-electron chi connectivity index (χ3n) is 3.30. The van der Waals surface area contributed by atoms with Crippen LogP contribution in [0.4, 0.5) is 4.79 Å². The molecule has 0 aromatic heterocycles. The molecule has 5 nitrogen and oxygen atoms in total. The fourth-order valence-corrected chi connectivity index (χ4v) is 2.16. The zero-order valence-electron chi connectivity index (χ0n) is 12.5. The number of nitrogens with one attached hydrogen (secondary N) is 2. The van der Waals surface area contributed by atoms with Gasteiger partial charge in [0.05, 0.1) is 0 Å². The lowest BCUT2D eigenvalue weighted by molar-refractivity contribution is 0.0954. The van der Waals surface area contributed by atoms with Crippen LogP contribution in [0.5, 0.6) is 0 Å². The summed E-state index contributed by atoms with van der Waals surface area (Å²) >= 11 is 5.83. The predicted octanol–water partition coefficient (Wildman–Crippen LogP) is 2.48. The Bertz CT molecular complexity index is 669. The molecule has 4 N–H and O–H groups in total. The highest BCUT2D eigenvalue weighted by Gasteiger charge is 2.05. The van der Waals surface area contributed by atoms with Crippen LogP contribution in [0.3, 0.4) is 0 Å². The second-order valence-corrected chi connectivity index (χ2v) is 5.48. The Morgan fingerprint density at radius 3 is 2.13 bits per heavy atom. The molecular formula is C17H18ClN3O2. The maximum atomic E-state index is 12.0. The van der Waals surface area contributed by atoms with Gasteiger partial charge >= 0.3 is 6.03 Å². The first-order valence-corrected chi connectivity index (χ1v) is 7.57. The Balaban J connectivity index is 1.81. The van der Waals surface area contributed by atoms with Gasteiger partial charge in [0.25, 0.3) is 5.91 Å². The van der Waals surface area contributed by atoms with Gasteiger partial charge in [0.15, 0.2) is 0 Å². The first-order chi connectivity index (χ1) is 11.0. The number of nitrogens with two attached hydrogens (primary N) is 1. The summed E-state index contributed by atoms with van der Waals surface area (Å²) in [6, 6.07) is 14.0. The summed E-state index contributed by atoms with van der Waals surface area (Å²) in [5.41, 5.74) is 7.57. The molecule has 2 rings (SSSR count). The standard InChI is InChI=1S/C17H18ClN3O2/c18-15-7-3-12(4-8-15)9-10-20-16(22)14-5-1-13(2-6-14)11-21-17(19)23/h1-8H,9-11H2,(H,20,22)(H3,19,21,23). The summed E-state index contributed by atoms with van der Waals surface area (Å²) in [5.74, 6) is -0.131. The molecule has 2 aromatic rings. The van der Waals surface area contributed by atoms with Gasteiger partial charge in [0.2, 0.25) is 0 Å². The summed E-state index contributed by atoms with van der Waals surface area (Å²) in [7, 11) is 0. The fourth-order valence-electron chi connectivity index (χ4n) is 2.04. The zero-order chi connectivity index (χ0) is 16.7. The fraction of sp³-hybridized carbons (Fsp3) is 0.176. The summed E-state index contributed by atoms with van der Waals surface area (Å²) < 4.78 is 0. The topological polar surface area (TPSA) is 84.2 Å². The second kappa shape index (κ2) is 8.19. The van der Waals surface area contributed by atoms with Crippen molar-refractivity contribution in [2.45, 2.75) is 13.0 Å². The Hall–Kier alpha value is -2.53. The SMILES string of the molecule is NC(=O)NCc1ccc(C(=O)NCCc2ccc(Cl)cc2)cc1. The lowest BCUT2D eigenvalue weighted by Gasteiger charge is -2.07. The molecule has 0 fully saturated rings. The van der Waals surface area contributed by atoms with E-state index in [0.717, 1.165) is 17.5 Å². The number of halogens is 1. The highest BCUT2D eigenvalue weighted by Crippen LogP contribution is 2.09. The van der Waals surface area contributed by atoms with Gasteiger partial charge in [-0.1, -0.05) is 35.9 Å². The van der Waals surface area contributed by atoms with Crippen LogP contribution in [0.2, 0.25) is 5.02 Å². The van der Waals surface area contributed by atoms with E-state index >= 15 is 0 Å². The molecule has 2 aromatic carbocycles. The molecule has 3 amide bonds. The van der Waals surface area contributed by atoms with Crippen LogP contribution in [0.25, 0.3) is 0 Å². The highest BCUT2D eigenvalue weighted by atomic mass is 35.5. The molecule has 0 spiro atoms. The van der Waals surface area contributed by atoms with E-state index in [1.165, 1.54) is 0 Å².